The summed E-state index contributed by atoms with van der Waals surface area (Å²) in [7, 11) is 0. The Labute approximate surface area is 137 Å². The first-order chi connectivity index (χ1) is 8.47. The van der Waals surface area contributed by atoms with Crippen LogP contribution in [0.15, 0.2) is 0 Å². The molecule has 0 bridgehead atoms. The van der Waals surface area contributed by atoms with Gasteiger partial charge in [-0.3, -0.25) is 0 Å². The highest BCUT2D eigenvalue weighted by molar-refractivity contribution is 6.66. The van der Waals surface area contributed by atoms with Crippen LogP contribution in [0.2, 0.25) is 17.1 Å². The first-order valence-electron chi connectivity index (χ1n) is 7.98. The zero-order valence-electron chi connectivity index (χ0n) is 16.2. The van der Waals surface area contributed by atoms with Gasteiger partial charge in [-0.05, 0) is 0 Å². The molecule has 0 unspecified atom stereocenters. The van der Waals surface area contributed by atoms with Gasteiger partial charge >= 0.3 is 28.7 Å². The van der Waals surface area contributed by atoms with Crippen LogP contribution in [0.1, 0.15) is 83.1 Å². The van der Waals surface area contributed by atoms with E-state index >= 15 is 0 Å². The van der Waals surface area contributed by atoms with E-state index in [-0.39, 0.29) is 0 Å². The highest BCUT2D eigenvalue weighted by atomic mass is 27.2. The average Bonchev–Trinajstić information content (AvgIpc) is 2.02. The van der Waals surface area contributed by atoms with Crippen LogP contribution in [0.25, 0.3) is 0 Å². The Balaban J connectivity index is 5.10. The molecule has 0 aromatic heterocycles. The predicted octanol–water partition coefficient (Wildman–Crippen LogP) is 5.26. The first-order valence-corrected chi connectivity index (χ1v) is 11.4. The fourth-order valence-electron chi connectivity index (χ4n) is 3.63. The molecule has 0 aliphatic carbocycles. The van der Waals surface area contributed by atoms with Crippen molar-refractivity contribution >= 4 is 28.7 Å². The molecule has 0 heterocycles. The van der Waals surface area contributed by atoms with E-state index in [1.54, 1.807) is 0 Å². The van der Waals surface area contributed by atoms with Crippen molar-refractivity contribution in [1.29, 1.82) is 0 Å². The number of rotatable bonds is 3. The van der Waals surface area contributed by atoms with Crippen molar-refractivity contribution in [3.05, 3.63) is 0 Å². The minimum Gasteiger partial charge on any atom is -0.355 e. The van der Waals surface area contributed by atoms with E-state index in [1.165, 1.54) is 0 Å². The standard InChI is InChI=1S/4C4H9.2Al.H2N2/c4*1-4(2)3;;;1-2/h4*1-3H3;;;1-2H/q;;;;2*+1;-2. The van der Waals surface area contributed by atoms with Gasteiger partial charge in [-0.1, -0.05) is 100 Å². The summed E-state index contributed by atoms with van der Waals surface area (Å²) in [6.07, 6.45) is 0. The van der Waals surface area contributed by atoms with E-state index in [0.717, 1.165) is 0 Å². The molecule has 0 atom stereocenters. The molecule has 0 aliphatic rings. The van der Waals surface area contributed by atoms with E-state index in [2.05, 4.69) is 91.9 Å². The Morgan fingerprint density at radius 3 is 0.650 bits per heavy atom. The van der Waals surface area contributed by atoms with Crippen molar-refractivity contribution in [1.82, 2.24) is 8.82 Å². The normalized spacial score (nSPS) is 14.4. The molecule has 0 aromatic carbocycles. The van der Waals surface area contributed by atoms with Gasteiger partial charge in [0.05, 0.1) is 0 Å². The number of hydrogen-bond acceptors (Lipinski definition) is 2. The van der Waals surface area contributed by atoms with Crippen molar-refractivity contribution in [3.8, 4) is 0 Å². The summed E-state index contributed by atoms with van der Waals surface area (Å²) in [4.78, 5) is 0. The molecule has 0 amide bonds. The monoisotopic (exact) mass is 312 g/mol. The Morgan fingerprint density at radius 1 is 0.400 bits per heavy atom. The van der Waals surface area contributed by atoms with Crippen molar-refractivity contribution in [3.63, 3.8) is 0 Å². The van der Waals surface area contributed by atoms with Crippen LogP contribution in [0.4, 0.5) is 0 Å². The highest BCUT2D eigenvalue weighted by Crippen LogP contribution is 2.42. The van der Waals surface area contributed by atoms with E-state index in [4.69, 9.17) is 0 Å². The van der Waals surface area contributed by atoms with Crippen LogP contribution >= 0.6 is 0 Å². The van der Waals surface area contributed by atoms with Crippen LogP contribution in [-0.2, 0) is 0 Å². The summed E-state index contributed by atoms with van der Waals surface area (Å²) in [5, 5.41) is 0. The summed E-state index contributed by atoms with van der Waals surface area (Å²) in [6, 6.07) is 0. The molecule has 2 N–H and O–H groups in total. The summed E-state index contributed by atoms with van der Waals surface area (Å²) in [5.74, 6) is 0. The quantitative estimate of drug-likeness (QED) is 0.548. The van der Waals surface area contributed by atoms with Crippen molar-refractivity contribution in [2.45, 2.75) is 100 Å². The Kier molecular flexibility index (Phi) is 6.95. The van der Waals surface area contributed by atoms with E-state index in [9.17, 15) is 0 Å². The Hall–Kier alpha value is 0.985. The SMILES string of the molecule is C[C](C)(C)[Al]([NH][NH][Al]([C](C)(C)C)[C](C)(C)C)[C](C)(C)C. The molecule has 0 saturated heterocycles. The van der Waals surface area contributed by atoms with Gasteiger partial charge < -0.3 is 8.82 Å². The fraction of sp³-hybridized carbons (Fsp3) is 1.00. The summed E-state index contributed by atoms with van der Waals surface area (Å²) in [5.41, 5.74) is 0. The maximum absolute atomic E-state index is 3.86. The fourth-order valence-corrected chi connectivity index (χ4v) is 11.9. The zero-order chi connectivity index (χ0) is 16.6. The van der Waals surface area contributed by atoms with E-state index < -0.39 is 28.7 Å². The number of nitrogens with one attached hydrogen (secondary N) is 2. The third kappa shape index (κ3) is 6.83. The zero-order valence-corrected chi connectivity index (χ0v) is 18.5. The second kappa shape index (κ2) is 6.62. The van der Waals surface area contributed by atoms with Crippen molar-refractivity contribution < 1.29 is 0 Å². The molecule has 0 aromatic rings. The lowest BCUT2D eigenvalue weighted by Crippen LogP contribution is -2.62. The minimum absolute atomic E-state index is 0.375. The lowest BCUT2D eigenvalue weighted by Gasteiger charge is -2.41. The minimum atomic E-state index is -1.14. The van der Waals surface area contributed by atoms with Gasteiger partial charge in [-0.15, -0.1) is 0 Å². The molecule has 20 heavy (non-hydrogen) atoms. The van der Waals surface area contributed by atoms with Gasteiger partial charge in [0.2, 0.25) is 0 Å². The maximum Gasteiger partial charge on any atom is 0.394 e. The largest absolute Gasteiger partial charge is 0.394 e. The molecule has 4 heteroatoms. The molecular weight excluding hydrogens is 274 g/mol. The van der Waals surface area contributed by atoms with Crippen molar-refractivity contribution in [2.75, 3.05) is 0 Å². The topological polar surface area (TPSA) is 24.1 Å². The van der Waals surface area contributed by atoms with Crippen LogP contribution in [-0.4, -0.2) is 28.7 Å². The molecule has 0 rings (SSSR count). The molecule has 0 spiro atoms. The number of hydrogen-bond donors (Lipinski definition) is 2. The van der Waals surface area contributed by atoms with E-state index in [1.807, 2.05) is 0 Å². The average molecular weight is 312 g/mol. The third-order valence-electron chi connectivity index (χ3n) is 3.84. The lowest BCUT2D eigenvalue weighted by molar-refractivity contribution is 0.573. The molecular formula is C16H38Al2N2. The maximum atomic E-state index is 3.86. The Morgan fingerprint density at radius 2 is 0.550 bits per heavy atom. The van der Waals surface area contributed by atoms with Gasteiger partial charge in [0.15, 0.2) is 0 Å². The summed E-state index contributed by atoms with van der Waals surface area (Å²) < 4.78 is 9.23. The molecule has 0 fully saturated rings. The highest BCUT2D eigenvalue weighted by Gasteiger charge is 2.47. The van der Waals surface area contributed by atoms with Gasteiger partial charge in [-0.25, -0.2) is 0 Å². The summed E-state index contributed by atoms with van der Waals surface area (Å²) >= 11 is -2.27. The van der Waals surface area contributed by atoms with Crippen LogP contribution in [0.3, 0.4) is 0 Å². The second-order valence-corrected chi connectivity index (χ2v) is 19.9. The second-order valence-electron chi connectivity index (χ2n) is 10.6. The smallest absolute Gasteiger partial charge is 0.355 e. The summed E-state index contributed by atoms with van der Waals surface area (Å²) in [6.45, 7) is 28.6. The van der Waals surface area contributed by atoms with Gasteiger partial charge in [-0.2, -0.15) is 0 Å². The van der Waals surface area contributed by atoms with Crippen LogP contribution in [0, 0.1) is 0 Å². The van der Waals surface area contributed by atoms with Gasteiger partial charge in [0, 0.05) is 0 Å². The molecule has 0 aliphatic heterocycles. The lowest BCUT2D eigenvalue weighted by atomic mass is 10.2. The van der Waals surface area contributed by atoms with Crippen LogP contribution in [0.5, 0.6) is 0 Å². The van der Waals surface area contributed by atoms with Crippen molar-refractivity contribution in [2.24, 2.45) is 0 Å². The predicted molar refractivity (Wildman–Crippen MR) is 96.6 cm³/mol. The molecule has 118 valence electrons. The Bertz CT molecular complexity index is 240. The van der Waals surface area contributed by atoms with Gasteiger partial charge in [0.25, 0.3) is 0 Å². The first kappa shape index (κ1) is 21.0. The number of hydrazine groups is 1. The third-order valence-corrected chi connectivity index (χ3v) is 12.0. The molecule has 0 saturated carbocycles. The van der Waals surface area contributed by atoms with Crippen LogP contribution < -0.4 is 8.82 Å². The van der Waals surface area contributed by atoms with Gasteiger partial charge in [0.1, 0.15) is 0 Å². The van der Waals surface area contributed by atoms with E-state index in [0.29, 0.717) is 17.1 Å². The molecule has 0 radical (unpaired) electrons. The molecule has 2 nitrogen and oxygen atoms in total.